The first kappa shape index (κ1) is 14.5. The quantitative estimate of drug-likeness (QED) is 0.795. The molecule has 1 aliphatic rings. The zero-order chi connectivity index (χ0) is 13.0. The van der Waals surface area contributed by atoms with Gasteiger partial charge in [0.2, 0.25) is 5.91 Å². The van der Waals surface area contributed by atoms with Gasteiger partial charge in [-0.1, -0.05) is 0 Å². The van der Waals surface area contributed by atoms with Crippen LogP contribution in [-0.4, -0.2) is 62.0 Å². The van der Waals surface area contributed by atoms with Crippen molar-refractivity contribution in [2.75, 3.05) is 28.2 Å². The van der Waals surface area contributed by atoms with Crippen LogP contribution in [0.25, 0.3) is 0 Å². The SMILES string of the molecule is CNC1CCC(N(C)C(C)C(=O)N(C)C)CC1. The van der Waals surface area contributed by atoms with Gasteiger partial charge in [-0.3, -0.25) is 9.69 Å². The highest BCUT2D eigenvalue weighted by Gasteiger charge is 2.29. The molecular weight excluding hydrogens is 214 g/mol. The van der Waals surface area contributed by atoms with Gasteiger partial charge >= 0.3 is 0 Å². The summed E-state index contributed by atoms with van der Waals surface area (Å²) in [6.07, 6.45) is 4.81. The van der Waals surface area contributed by atoms with Crippen molar-refractivity contribution in [1.29, 1.82) is 0 Å². The van der Waals surface area contributed by atoms with Crippen molar-refractivity contribution in [3.8, 4) is 0 Å². The molecule has 0 aromatic heterocycles. The third kappa shape index (κ3) is 3.68. The van der Waals surface area contributed by atoms with Crippen molar-refractivity contribution in [2.24, 2.45) is 0 Å². The van der Waals surface area contributed by atoms with E-state index < -0.39 is 0 Å². The van der Waals surface area contributed by atoms with Crippen LogP contribution >= 0.6 is 0 Å². The van der Waals surface area contributed by atoms with Crippen LogP contribution in [0.2, 0.25) is 0 Å². The van der Waals surface area contributed by atoms with Gasteiger partial charge in [-0.05, 0) is 46.7 Å². The minimum absolute atomic E-state index is 0.0128. The summed E-state index contributed by atoms with van der Waals surface area (Å²) >= 11 is 0. The van der Waals surface area contributed by atoms with Gasteiger partial charge in [-0.25, -0.2) is 0 Å². The van der Waals surface area contributed by atoms with Crippen LogP contribution in [0, 0.1) is 0 Å². The first-order valence-electron chi connectivity index (χ1n) is 6.57. The van der Waals surface area contributed by atoms with Crippen LogP contribution < -0.4 is 5.32 Å². The summed E-state index contributed by atoms with van der Waals surface area (Å²) in [4.78, 5) is 15.8. The molecule has 0 spiro atoms. The zero-order valence-electron chi connectivity index (χ0n) is 11.9. The van der Waals surface area contributed by atoms with Crippen LogP contribution in [0.5, 0.6) is 0 Å². The molecule has 1 N–H and O–H groups in total. The third-order valence-electron chi connectivity index (χ3n) is 4.09. The van der Waals surface area contributed by atoms with Gasteiger partial charge in [0, 0.05) is 26.2 Å². The number of nitrogens with one attached hydrogen (secondary N) is 1. The second-order valence-electron chi connectivity index (χ2n) is 5.37. The molecule has 1 unspecified atom stereocenters. The van der Waals surface area contributed by atoms with Crippen LogP contribution in [0.4, 0.5) is 0 Å². The first-order chi connectivity index (χ1) is 7.97. The average molecular weight is 241 g/mol. The van der Waals surface area contributed by atoms with Crippen molar-refractivity contribution in [1.82, 2.24) is 15.1 Å². The number of rotatable bonds is 4. The molecule has 1 fully saturated rings. The molecule has 1 amide bonds. The van der Waals surface area contributed by atoms with Crippen LogP contribution in [-0.2, 0) is 4.79 Å². The highest BCUT2D eigenvalue weighted by Crippen LogP contribution is 2.23. The van der Waals surface area contributed by atoms with E-state index in [9.17, 15) is 4.79 Å². The number of carbonyl (C=O) groups is 1. The van der Waals surface area contributed by atoms with Gasteiger partial charge in [0.15, 0.2) is 0 Å². The molecule has 0 bridgehead atoms. The maximum atomic E-state index is 11.9. The molecule has 0 aromatic carbocycles. The van der Waals surface area contributed by atoms with E-state index in [1.54, 1.807) is 4.90 Å². The Morgan fingerprint density at radius 1 is 1.18 bits per heavy atom. The van der Waals surface area contributed by atoms with Gasteiger partial charge in [0.25, 0.3) is 0 Å². The minimum atomic E-state index is -0.0128. The normalized spacial score (nSPS) is 26.9. The molecule has 1 atom stereocenters. The highest BCUT2D eigenvalue weighted by molar-refractivity contribution is 5.80. The molecule has 0 radical (unpaired) electrons. The van der Waals surface area contributed by atoms with Crippen molar-refractivity contribution in [2.45, 2.75) is 50.7 Å². The van der Waals surface area contributed by atoms with E-state index in [4.69, 9.17) is 0 Å². The number of nitrogens with zero attached hydrogens (tertiary/aromatic N) is 2. The Kier molecular flexibility index (Phi) is 5.40. The Balaban J connectivity index is 2.48. The molecule has 4 heteroatoms. The maximum absolute atomic E-state index is 11.9. The van der Waals surface area contributed by atoms with E-state index >= 15 is 0 Å². The second-order valence-corrected chi connectivity index (χ2v) is 5.37. The summed E-state index contributed by atoms with van der Waals surface area (Å²) in [5.74, 6) is 0.197. The molecule has 0 heterocycles. The number of hydrogen-bond acceptors (Lipinski definition) is 3. The molecule has 17 heavy (non-hydrogen) atoms. The summed E-state index contributed by atoms with van der Waals surface area (Å²) < 4.78 is 0. The lowest BCUT2D eigenvalue weighted by Gasteiger charge is -2.37. The molecule has 1 aliphatic carbocycles. The number of hydrogen-bond donors (Lipinski definition) is 1. The third-order valence-corrected chi connectivity index (χ3v) is 4.09. The van der Waals surface area contributed by atoms with Crippen LogP contribution in [0.3, 0.4) is 0 Å². The fourth-order valence-electron chi connectivity index (χ4n) is 2.64. The predicted octanol–water partition coefficient (Wildman–Crippen LogP) is 0.926. The molecule has 0 aromatic rings. The lowest BCUT2D eigenvalue weighted by molar-refractivity contribution is -0.134. The Labute approximate surface area is 105 Å². The fraction of sp³-hybridized carbons (Fsp3) is 0.923. The molecule has 4 nitrogen and oxygen atoms in total. The van der Waals surface area contributed by atoms with E-state index in [0.29, 0.717) is 12.1 Å². The van der Waals surface area contributed by atoms with Gasteiger partial charge in [-0.15, -0.1) is 0 Å². The molecule has 100 valence electrons. The lowest BCUT2D eigenvalue weighted by atomic mass is 9.90. The average Bonchev–Trinajstić information content (AvgIpc) is 2.36. The predicted molar refractivity (Wildman–Crippen MR) is 71.0 cm³/mol. The van der Waals surface area contributed by atoms with E-state index in [2.05, 4.69) is 17.3 Å². The van der Waals surface area contributed by atoms with E-state index in [0.717, 1.165) is 0 Å². The summed E-state index contributed by atoms with van der Waals surface area (Å²) in [6.45, 7) is 2.01. The summed E-state index contributed by atoms with van der Waals surface area (Å²) in [7, 11) is 7.76. The molecule has 0 aliphatic heterocycles. The number of amides is 1. The fourth-order valence-corrected chi connectivity index (χ4v) is 2.64. The van der Waals surface area contributed by atoms with Gasteiger partial charge < -0.3 is 10.2 Å². The topological polar surface area (TPSA) is 35.6 Å². The molecule has 1 rings (SSSR count). The van der Waals surface area contributed by atoms with E-state index in [-0.39, 0.29) is 11.9 Å². The van der Waals surface area contributed by atoms with E-state index in [1.165, 1.54) is 25.7 Å². The molecule has 1 saturated carbocycles. The summed E-state index contributed by atoms with van der Waals surface area (Å²) in [5, 5.41) is 3.34. The lowest BCUT2D eigenvalue weighted by Crippen LogP contribution is -2.49. The number of carbonyl (C=O) groups excluding carboxylic acids is 1. The summed E-state index contributed by atoms with van der Waals surface area (Å²) in [6, 6.07) is 1.21. The van der Waals surface area contributed by atoms with Gasteiger partial charge in [0.1, 0.15) is 0 Å². The molecule has 0 saturated heterocycles. The van der Waals surface area contributed by atoms with Crippen molar-refractivity contribution >= 4 is 5.91 Å². The zero-order valence-corrected chi connectivity index (χ0v) is 11.9. The smallest absolute Gasteiger partial charge is 0.239 e. The highest BCUT2D eigenvalue weighted by atomic mass is 16.2. The summed E-state index contributed by atoms with van der Waals surface area (Å²) in [5.41, 5.74) is 0. The van der Waals surface area contributed by atoms with Crippen molar-refractivity contribution in [3.63, 3.8) is 0 Å². The van der Waals surface area contributed by atoms with Crippen molar-refractivity contribution < 1.29 is 4.79 Å². The Bertz CT molecular complexity index is 247. The minimum Gasteiger partial charge on any atom is -0.347 e. The first-order valence-corrected chi connectivity index (χ1v) is 6.57. The monoisotopic (exact) mass is 241 g/mol. The maximum Gasteiger partial charge on any atom is 0.239 e. The van der Waals surface area contributed by atoms with Gasteiger partial charge in [-0.2, -0.15) is 0 Å². The van der Waals surface area contributed by atoms with Crippen molar-refractivity contribution in [3.05, 3.63) is 0 Å². The Hall–Kier alpha value is -0.610. The second kappa shape index (κ2) is 6.36. The van der Waals surface area contributed by atoms with Crippen LogP contribution in [0.1, 0.15) is 32.6 Å². The van der Waals surface area contributed by atoms with Crippen LogP contribution in [0.15, 0.2) is 0 Å². The van der Waals surface area contributed by atoms with E-state index in [1.807, 2.05) is 28.1 Å². The standard InChI is InChI=1S/C13H27N3O/c1-10(13(17)15(3)4)16(5)12-8-6-11(14-2)7-9-12/h10-12,14H,6-9H2,1-5H3. The van der Waals surface area contributed by atoms with Gasteiger partial charge in [0.05, 0.1) is 6.04 Å². The largest absolute Gasteiger partial charge is 0.347 e. The number of likely N-dealkylation sites (N-methyl/N-ethyl adjacent to an activating group) is 2. The Morgan fingerprint density at radius 3 is 2.12 bits per heavy atom. The Morgan fingerprint density at radius 2 is 1.71 bits per heavy atom. The molecular formula is C13H27N3O.